The maximum Gasteiger partial charge on any atom is 0.416 e. The minimum atomic E-state index is -1.47. The Hall–Kier alpha value is -10.8. The third kappa shape index (κ3) is 15.6. The van der Waals surface area contributed by atoms with Crippen LogP contribution in [0.1, 0.15) is 143 Å². The highest BCUT2D eigenvalue weighted by atomic mass is 16.6. The van der Waals surface area contributed by atoms with E-state index >= 15 is 0 Å². The number of nitrogens with zero attached hydrogens (tertiary/aromatic N) is 7. The van der Waals surface area contributed by atoms with Gasteiger partial charge in [-0.05, 0) is 137 Å². The summed E-state index contributed by atoms with van der Waals surface area (Å²) in [5.74, 6) is -2.73. The number of aliphatic hydroxyl groups excluding tert-OH is 1. The highest BCUT2D eigenvalue weighted by molar-refractivity contribution is 6.07. The van der Waals surface area contributed by atoms with Crippen molar-refractivity contribution in [1.29, 1.82) is 0 Å². The Balaban J connectivity index is 0.555. The second-order valence-electron chi connectivity index (χ2n) is 29.3. The third-order valence-corrected chi connectivity index (χ3v) is 21.1. The molecular formula is C77H91N13O15. The summed E-state index contributed by atoms with van der Waals surface area (Å²) in [6.07, 6.45) is 4.92. The molecule has 6 aromatic rings. The smallest absolute Gasteiger partial charge is 0.416 e. The first-order chi connectivity index (χ1) is 50.5. The number of carbonyl (C=O) groups is 9. The largest absolute Gasteiger partial charge is 0.493 e. The SMILES string of the molecule is COc1cc2c(cc1OCCCCCOc1cc3c(cc1OC)C(=O)N1CC4(CC4)C[C@H]1[C@H](O)N3C(=O)OCc1ccc(NC(=O)[C@H](C)NC(=O)[C@@H](NC(=O)CNC(=O)CNC(=O)CCC(=O)N3Cc4ccccc4-c4c(nnn4C(C)C)-c4ccccc43)C(C)C)cc1)NC[C@@H]1CC3(CC3)CN1C2=O. The summed E-state index contributed by atoms with van der Waals surface area (Å²) in [4.78, 5) is 129. The zero-order valence-corrected chi connectivity index (χ0v) is 60.2. The molecule has 5 aliphatic heterocycles. The van der Waals surface area contributed by atoms with Gasteiger partial charge in [0, 0.05) is 73.5 Å². The first-order valence-electron chi connectivity index (χ1n) is 36.2. The van der Waals surface area contributed by atoms with E-state index in [0.717, 1.165) is 58.8 Å². The number of benzene rings is 5. The Morgan fingerprint density at radius 1 is 0.657 bits per heavy atom. The van der Waals surface area contributed by atoms with Gasteiger partial charge in [0.2, 0.25) is 35.4 Å². The number of hydrogen-bond acceptors (Lipinski definition) is 18. The van der Waals surface area contributed by atoms with Crippen LogP contribution in [0.25, 0.3) is 22.5 Å². The molecule has 0 radical (unpaired) electrons. The monoisotopic (exact) mass is 1440 g/mol. The predicted octanol–water partition coefficient (Wildman–Crippen LogP) is 7.87. The van der Waals surface area contributed by atoms with Gasteiger partial charge in [-0.1, -0.05) is 73.7 Å². The lowest BCUT2D eigenvalue weighted by Crippen LogP contribution is -2.55. The van der Waals surface area contributed by atoms with Crippen LogP contribution in [0.15, 0.2) is 97.1 Å². The van der Waals surface area contributed by atoms with Crippen molar-refractivity contribution in [2.24, 2.45) is 16.7 Å². The number of ether oxygens (including phenoxy) is 5. The zero-order valence-electron chi connectivity index (χ0n) is 60.2. The van der Waals surface area contributed by atoms with Crippen LogP contribution in [-0.2, 0) is 46.7 Å². The fourth-order valence-corrected chi connectivity index (χ4v) is 14.9. The molecule has 6 heterocycles. The van der Waals surface area contributed by atoms with E-state index in [1.54, 1.807) is 67.2 Å². The number of carbonyl (C=O) groups excluding carboxylic acids is 9. The fraction of sp³-hybridized carbons (Fsp3) is 0.468. The van der Waals surface area contributed by atoms with Crippen LogP contribution in [-0.4, -0.2) is 174 Å². The van der Waals surface area contributed by atoms with E-state index in [9.17, 15) is 48.3 Å². The normalized spacial score (nSPS) is 18.7. The number of fused-ring (bicyclic) bond motifs is 9. The van der Waals surface area contributed by atoms with Crippen LogP contribution in [0, 0.1) is 16.7 Å². The summed E-state index contributed by atoms with van der Waals surface area (Å²) in [5.41, 5.74) is 7.19. The van der Waals surface area contributed by atoms with Gasteiger partial charge in [0.15, 0.2) is 29.2 Å². The van der Waals surface area contributed by atoms with Crippen LogP contribution >= 0.6 is 0 Å². The molecule has 5 atom stereocenters. The van der Waals surface area contributed by atoms with Crippen LogP contribution in [0.3, 0.4) is 0 Å². The summed E-state index contributed by atoms with van der Waals surface area (Å²) < 4.78 is 31.7. The second-order valence-corrected chi connectivity index (χ2v) is 29.3. The molecule has 9 amide bonds. The Bertz CT molecular complexity index is 4360. The number of aliphatic hydroxyl groups is 1. The Morgan fingerprint density at radius 2 is 1.30 bits per heavy atom. The molecule has 28 heteroatoms. The Kier molecular flexibility index (Phi) is 21.1. The molecule has 13 rings (SSSR count). The number of amides is 9. The van der Waals surface area contributed by atoms with E-state index in [1.165, 1.54) is 32.9 Å². The minimum Gasteiger partial charge on any atom is -0.493 e. The van der Waals surface area contributed by atoms with Crippen molar-refractivity contribution in [2.75, 3.05) is 80.6 Å². The predicted molar refractivity (Wildman–Crippen MR) is 387 cm³/mol. The van der Waals surface area contributed by atoms with Gasteiger partial charge in [0.1, 0.15) is 24.4 Å². The highest BCUT2D eigenvalue weighted by Gasteiger charge is 2.58. The summed E-state index contributed by atoms with van der Waals surface area (Å²) in [6.45, 7) is 10.4. The van der Waals surface area contributed by atoms with Crippen molar-refractivity contribution in [2.45, 2.75) is 155 Å². The van der Waals surface area contributed by atoms with Gasteiger partial charge in [-0.3, -0.25) is 38.4 Å². The lowest BCUT2D eigenvalue weighted by molar-refractivity contribution is -0.132. The Morgan fingerprint density at radius 3 is 1.99 bits per heavy atom. The van der Waals surface area contributed by atoms with Crippen LogP contribution < -0.4 is 60.6 Å². The summed E-state index contributed by atoms with van der Waals surface area (Å²) in [5, 5.41) is 37.7. The second kappa shape index (κ2) is 30.5. The van der Waals surface area contributed by atoms with Crippen molar-refractivity contribution in [3.8, 4) is 45.5 Å². The molecule has 7 aliphatic rings. The highest BCUT2D eigenvalue weighted by Crippen LogP contribution is 2.58. The Labute approximate surface area is 608 Å². The van der Waals surface area contributed by atoms with E-state index in [-0.39, 0.29) is 90.6 Å². The van der Waals surface area contributed by atoms with Crippen LogP contribution in [0.2, 0.25) is 0 Å². The molecule has 105 heavy (non-hydrogen) atoms. The molecule has 7 N–H and O–H groups in total. The molecule has 4 fully saturated rings. The lowest BCUT2D eigenvalue weighted by Gasteiger charge is -2.31. The van der Waals surface area contributed by atoms with Crippen LogP contribution in [0.5, 0.6) is 23.0 Å². The fourth-order valence-electron chi connectivity index (χ4n) is 14.9. The number of hydrogen-bond donors (Lipinski definition) is 7. The quantitative estimate of drug-likeness (QED) is 0.0254. The molecule has 1 aromatic heterocycles. The molecule has 2 saturated heterocycles. The van der Waals surface area contributed by atoms with Crippen molar-refractivity contribution in [3.05, 3.63) is 119 Å². The van der Waals surface area contributed by atoms with E-state index in [1.807, 2.05) is 78.0 Å². The first kappa shape index (κ1) is 72.6. The molecule has 5 aromatic carbocycles. The number of para-hydroxylation sites is 1. The molecule has 0 unspecified atom stereocenters. The summed E-state index contributed by atoms with van der Waals surface area (Å²) >= 11 is 0. The van der Waals surface area contributed by atoms with Gasteiger partial charge in [0.25, 0.3) is 11.8 Å². The van der Waals surface area contributed by atoms with Gasteiger partial charge >= 0.3 is 6.09 Å². The van der Waals surface area contributed by atoms with Gasteiger partial charge in [-0.15, -0.1) is 5.10 Å². The molecule has 554 valence electrons. The minimum absolute atomic E-state index is 0.0182. The van der Waals surface area contributed by atoms with Crippen LogP contribution in [0.4, 0.5) is 27.5 Å². The molecule has 2 spiro atoms. The lowest BCUT2D eigenvalue weighted by atomic mass is 9.95. The van der Waals surface area contributed by atoms with E-state index in [0.29, 0.717) is 90.5 Å². The topological polar surface area (TPSA) is 336 Å². The van der Waals surface area contributed by atoms with E-state index in [2.05, 4.69) is 42.2 Å². The molecule has 2 saturated carbocycles. The van der Waals surface area contributed by atoms with Gasteiger partial charge in [0.05, 0.1) is 87.0 Å². The average molecular weight is 1440 g/mol. The maximum absolute atomic E-state index is 14.5. The van der Waals surface area contributed by atoms with Crippen molar-refractivity contribution >= 4 is 76.1 Å². The summed E-state index contributed by atoms with van der Waals surface area (Å²) in [7, 11) is 3.03. The molecular weight excluding hydrogens is 1350 g/mol. The van der Waals surface area contributed by atoms with Crippen molar-refractivity contribution < 1.29 is 71.9 Å². The number of unbranched alkanes of at least 4 members (excludes halogenated alkanes) is 2. The number of rotatable bonds is 26. The standard InChI is InChI=1S/C77H91N13O15/c1-44(2)67(83-65(93)39-80-64(92)38-79-63(91)23-24-66(94)86-40-48-15-9-10-16-51(48)69-68(84-85-90(69)45(3)4)52-17-11-12-18-56(52)86)71(96)81-46(5)70(95)82-49-21-19-47(20-22-49)41-105-75(100)89-57-34-62(60(102-7)32-54(57)73(98)88-43-77(27-28-77)36-58(88)74(89)99)104-30-14-8-13-29-103-61-33-55-53(31-59(61)101-6)72(97)87-42-76(25-26-76)35-50(87)37-78-55/h9-12,15-22,31-34,44-46,50,58,67,74,78,99H,8,13-14,23-30,35-43H2,1-7H3,(H,79,91)(H,80,92)(H,81,96)(H,82,95)(H,83,93)/t46-,50-,58-,67-,74-/m0/s1. The van der Waals surface area contributed by atoms with Crippen molar-refractivity contribution in [1.82, 2.24) is 46.1 Å². The number of nitrogens with one attached hydrogen (secondary N) is 6. The average Bonchev–Trinajstić information content (AvgIpc) is 1.59. The number of methoxy groups -OCH3 is 2. The molecule has 0 bridgehead atoms. The maximum atomic E-state index is 14.5. The van der Waals surface area contributed by atoms with E-state index in [4.69, 9.17) is 23.7 Å². The number of anilines is 4. The molecule has 2 aliphatic carbocycles. The van der Waals surface area contributed by atoms with E-state index < -0.39 is 79.0 Å². The zero-order chi connectivity index (χ0) is 74.0. The number of aromatic nitrogens is 3. The summed E-state index contributed by atoms with van der Waals surface area (Å²) in [6, 6.07) is 25.6. The van der Waals surface area contributed by atoms with Crippen molar-refractivity contribution in [3.63, 3.8) is 0 Å². The molecule has 28 nitrogen and oxygen atoms in total. The first-order valence-corrected chi connectivity index (χ1v) is 36.2. The van der Waals surface area contributed by atoms with Gasteiger partial charge in [-0.25, -0.2) is 14.4 Å². The van der Waals surface area contributed by atoms with Gasteiger partial charge in [-0.2, -0.15) is 0 Å². The third-order valence-electron chi connectivity index (χ3n) is 21.1. The van der Waals surface area contributed by atoms with Gasteiger partial charge < -0.3 is 75.4 Å².